The van der Waals surface area contributed by atoms with Crippen molar-refractivity contribution in [3.63, 3.8) is 0 Å². The molecule has 1 aromatic carbocycles. The predicted molar refractivity (Wildman–Crippen MR) is 72.1 cm³/mol. The number of carbonyl (C=O) groups excluding carboxylic acids is 1. The van der Waals surface area contributed by atoms with Gasteiger partial charge in [-0.05, 0) is 5.56 Å². The number of benzene rings is 1. The molecule has 1 aliphatic rings. The first-order valence-corrected chi connectivity index (χ1v) is 6.49. The molecule has 1 saturated heterocycles. The zero-order valence-corrected chi connectivity index (χ0v) is 10.8. The molecule has 1 fully saturated rings. The fraction of sp³-hybridized carbons (Fsp3) is 0.429. The van der Waals surface area contributed by atoms with E-state index in [2.05, 4.69) is 10.6 Å². The van der Waals surface area contributed by atoms with E-state index < -0.39 is 6.04 Å². The molecule has 2 N–H and O–H groups in total. The minimum absolute atomic E-state index is 0.00639. The molecule has 1 aromatic rings. The van der Waals surface area contributed by atoms with Crippen molar-refractivity contribution < 1.29 is 4.79 Å². The summed E-state index contributed by atoms with van der Waals surface area (Å²) in [6.07, 6.45) is 2.43. The van der Waals surface area contributed by atoms with Crippen molar-refractivity contribution in [2.75, 3.05) is 26.2 Å². The molecule has 0 aromatic heterocycles. The lowest BCUT2D eigenvalue weighted by Crippen LogP contribution is -2.53. The number of piperazine rings is 1. The van der Waals surface area contributed by atoms with Crippen LogP contribution in [0.25, 0.3) is 0 Å². The zero-order chi connectivity index (χ0) is 13.5. The van der Waals surface area contributed by atoms with E-state index in [9.17, 15) is 4.79 Å². The third-order valence-corrected chi connectivity index (χ3v) is 3.25. The van der Waals surface area contributed by atoms with E-state index in [1.807, 2.05) is 41.4 Å². The van der Waals surface area contributed by atoms with E-state index in [0.717, 1.165) is 18.7 Å². The second-order valence-corrected chi connectivity index (χ2v) is 4.57. The maximum absolute atomic E-state index is 12.4. The van der Waals surface area contributed by atoms with Crippen LogP contribution in [0.1, 0.15) is 5.56 Å². The molecule has 1 amide bonds. The largest absolute Gasteiger partial charge is 0.338 e. The van der Waals surface area contributed by atoms with Crippen molar-refractivity contribution in [1.82, 2.24) is 15.5 Å². The topological polar surface area (TPSA) is 68.2 Å². The Hall–Kier alpha value is -2.06. The Balaban J connectivity index is 2.02. The van der Waals surface area contributed by atoms with E-state index in [4.69, 9.17) is 5.26 Å². The Bertz CT molecular complexity index is 448. The van der Waals surface area contributed by atoms with Crippen molar-refractivity contribution in [3.8, 4) is 6.19 Å². The highest BCUT2D eigenvalue weighted by Gasteiger charge is 2.25. The van der Waals surface area contributed by atoms with Gasteiger partial charge in [0.2, 0.25) is 5.91 Å². The predicted octanol–water partition coefficient (Wildman–Crippen LogP) is 0.100. The number of hydrogen-bond acceptors (Lipinski definition) is 4. The zero-order valence-electron chi connectivity index (χ0n) is 10.8. The van der Waals surface area contributed by atoms with Gasteiger partial charge in [-0.2, -0.15) is 5.26 Å². The Morgan fingerprint density at radius 3 is 2.68 bits per heavy atom. The molecule has 1 aliphatic heterocycles. The summed E-state index contributed by atoms with van der Waals surface area (Å²) >= 11 is 0. The monoisotopic (exact) mass is 258 g/mol. The van der Waals surface area contributed by atoms with Gasteiger partial charge in [0.15, 0.2) is 6.19 Å². The van der Waals surface area contributed by atoms with Gasteiger partial charge in [-0.3, -0.25) is 4.79 Å². The molecule has 5 heteroatoms. The minimum atomic E-state index is -0.467. The van der Waals surface area contributed by atoms with E-state index in [0.29, 0.717) is 19.5 Å². The summed E-state index contributed by atoms with van der Waals surface area (Å²) in [4.78, 5) is 14.2. The molecule has 0 aliphatic carbocycles. The fourth-order valence-corrected chi connectivity index (χ4v) is 2.23. The molecule has 100 valence electrons. The number of rotatable bonds is 4. The van der Waals surface area contributed by atoms with Gasteiger partial charge in [-0.15, -0.1) is 0 Å². The van der Waals surface area contributed by atoms with Crippen LogP contribution in [-0.4, -0.2) is 43.0 Å². The molecule has 0 saturated carbocycles. The summed E-state index contributed by atoms with van der Waals surface area (Å²) in [5.74, 6) is 0.00639. The van der Waals surface area contributed by atoms with Crippen molar-refractivity contribution >= 4 is 5.91 Å². The third-order valence-electron chi connectivity index (χ3n) is 3.25. The van der Waals surface area contributed by atoms with E-state index in [-0.39, 0.29) is 5.91 Å². The van der Waals surface area contributed by atoms with Crippen LogP contribution in [0, 0.1) is 11.5 Å². The van der Waals surface area contributed by atoms with Crippen molar-refractivity contribution in [3.05, 3.63) is 35.9 Å². The van der Waals surface area contributed by atoms with E-state index in [1.54, 1.807) is 0 Å². The number of carbonyl (C=O) groups is 1. The van der Waals surface area contributed by atoms with Crippen LogP contribution < -0.4 is 10.6 Å². The summed E-state index contributed by atoms with van der Waals surface area (Å²) < 4.78 is 0. The highest BCUT2D eigenvalue weighted by Crippen LogP contribution is 2.06. The highest BCUT2D eigenvalue weighted by atomic mass is 16.2. The quantitative estimate of drug-likeness (QED) is 0.594. The molecule has 0 spiro atoms. The minimum Gasteiger partial charge on any atom is -0.338 e. The van der Waals surface area contributed by atoms with E-state index in [1.165, 1.54) is 0 Å². The Kier molecular flexibility index (Phi) is 4.76. The number of amides is 1. The van der Waals surface area contributed by atoms with Gasteiger partial charge in [-0.25, -0.2) is 0 Å². The maximum atomic E-state index is 12.4. The highest BCUT2D eigenvalue weighted by molar-refractivity contribution is 5.82. The molecular weight excluding hydrogens is 240 g/mol. The van der Waals surface area contributed by atoms with E-state index >= 15 is 0 Å². The average molecular weight is 258 g/mol. The normalized spacial score (nSPS) is 16.5. The van der Waals surface area contributed by atoms with Gasteiger partial charge in [0, 0.05) is 32.6 Å². The lowest BCUT2D eigenvalue weighted by Gasteiger charge is -2.30. The summed E-state index contributed by atoms with van der Waals surface area (Å²) in [7, 11) is 0. The molecule has 2 rings (SSSR count). The van der Waals surface area contributed by atoms with Gasteiger partial charge in [0.05, 0.1) is 0 Å². The summed E-state index contributed by atoms with van der Waals surface area (Å²) in [5.41, 5.74) is 1.05. The second-order valence-electron chi connectivity index (χ2n) is 4.57. The van der Waals surface area contributed by atoms with Gasteiger partial charge in [0.25, 0.3) is 0 Å². The summed E-state index contributed by atoms with van der Waals surface area (Å²) in [6.45, 7) is 3.04. The van der Waals surface area contributed by atoms with Crippen LogP contribution in [0.3, 0.4) is 0 Å². The lowest BCUT2D eigenvalue weighted by atomic mass is 10.0. The maximum Gasteiger partial charge on any atom is 0.246 e. The lowest BCUT2D eigenvalue weighted by molar-refractivity contribution is -0.133. The van der Waals surface area contributed by atoms with Crippen LogP contribution >= 0.6 is 0 Å². The molecule has 1 heterocycles. The van der Waals surface area contributed by atoms with Gasteiger partial charge in [-0.1, -0.05) is 30.3 Å². The Morgan fingerprint density at radius 2 is 2.05 bits per heavy atom. The number of nitriles is 1. The molecule has 5 nitrogen and oxygen atoms in total. The first kappa shape index (κ1) is 13.4. The second kappa shape index (κ2) is 6.76. The van der Waals surface area contributed by atoms with Crippen LogP contribution in [0.4, 0.5) is 0 Å². The average Bonchev–Trinajstić information content (AvgIpc) is 2.48. The number of hydrogen-bond donors (Lipinski definition) is 2. The van der Waals surface area contributed by atoms with Crippen LogP contribution in [-0.2, 0) is 11.2 Å². The van der Waals surface area contributed by atoms with Crippen LogP contribution in [0.5, 0.6) is 0 Å². The molecule has 19 heavy (non-hydrogen) atoms. The molecule has 0 unspecified atom stereocenters. The third kappa shape index (κ3) is 3.70. The SMILES string of the molecule is N#CN[C@@H](Cc1ccccc1)C(=O)N1CCNCC1. The van der Waals surface area contributed by atoms with Crippen LogP contribution in [0.2, 0.25) is 0 Å². The fourth-order valence-electron chi connectivity index (χ4n) is 2.23. The molecule has 1 atom stereocenters. The van der Waals surface area contributed by atoms with Gasteiger partial charge >= 0.3 is 0 Å². The smallest absolute Gasteiger partial charge is 0.246 e. The summed E-state index contributed by atoms with van der Waals surface area (Å²) in [6, 6.07) is 9.29. The summed E-state index contributed by atoms with van der Waals surface area (Å²) in [5, 5.41) is 14.7. The van der Waals surface area contributed by atoms with Gasteiger partial charge < -0.3 is 15.5 Å². The first-order valence-electron chi connectivity index (χ1n) is 6.49. The first-order chi connectivity index (χ1) is 9.31. The molecule has 0 bridgehead atoms. The van der Waals surface area contributed by atoms with Crippen LogP contribution in [0.15, 0.2) is 30.3 Å². The Labute approximate surface area is 113 Å². The Morgan fingerprint density at radius 1 is 1.37 bits per heavy atom. The number of nitrogens with one attached hydrogen (secondary N) is 2. The molecular formula is C14H18N4O. The van der Waals surface area contributed by atoms with Crippen molar-refractivity contribution in [1.29, 1.82) is 5.26 Å². The standard InChI is InChI=1S/C14H18N4O/c15-11-17-13(10-12-4-2-1-3-5-12)14(19)18-8-6-16-7-9-18/h1-5,13,16-17H,6-10H2/t13-/m0/s1. The van der Waals surface area contributed by atoms with Crippen molar-refractivity contribution in [2.45, 2.75) is 12.5 Å². The molecule has 0 radical (unpaired) electrons. The number of nitrogens with zero attached hydrogens (tertiary/aromatic N) is 2. The van der Waals surface area contributed by atoms with Gasteiger partial charge in [0.1, 0.15) is 6.04 Å². The van der Waals surface area contributed by atoms with Crippen molar-refractivity contribution in [2.24, 2.45) is 0 Å².